The van der Waals surface area contributed by atoms with Gasteiger partial charge in [0.1, 0.15) is 0 Å². The highest BCUT2D eigenvalue weighted by molar-refractivity contribution is 14.1. The van der Waals surface area contributed by atoms with Gasteiger partial charge in [-0.3, -0.25) is 0 Å². The molecule has 0 atom stereocenters. The number of rotatable bonds is 0. The van der Waals surface area contributed by atoms with Crippen molar-refractivity contribution < 1.29 is 0 Å². The van der Waals surface area contributed by atoms with Crippen molar-refractivity contribution in [2.24, 2.45) is 0 Å². The van der Waals surface area contributed by atoms with Crippen LogP contribution in [-0.4, -0.2) is 0 Å². The fourth-order valence-corrected chi connectivity index (χ4v) is 3.48. The molecular formula is C9H6I2S. The third-order valence-corrected chi connectivity index (χ3v) is 6.03. The predicted molar refractivity (Wildman–Crippen MR) is 72.0 cm³/mol. The molecule has 0 fully saturated rings. The SMILES string of the molecule is Cc1c(I)c(I)cc2sccc12. The maximum atomic E-state index is 2.41. The van der Waals surface area contributed by atoms with E-state index in [2.05, 4.69) is 69.6 Å². The lowest BCUT2D eigenvalue weighted by Gasteiger charge is -2.02. The van der Waals surface area contributed by atoms with Gasteiger partial charge in [0, 0.05) is 11.8 Å². The molecule has 0 amide bonds. The molecule has 0 nitrogen and oxygen atoms in total. The Morgan fingerprint density at radius 1 is 1.33 bits per heavy atom. The molecule has 0 radical (unpaired) electrons. The molecule has 0 aliphatic rings. The van der Waals surface area contributed by atoms with Crippen LogP contribution in [0.15, 0.2) is 17.5 Å². The van der Waals surface area contributed by atoms with E-state index in [1.165, 1.54) is 22.8 Å². The Morgan fingerprint density at radius 3 is 2.83 bits per heavy atom. The van der Waals surface area contributed by atoms with Crippen molar-refractivity contribution in [3.05, 3.63) is 30.2 Å². The summed E-state index contributed by atoms with van der Waals surface area (Å²) in [6.07, 6.45) is 0. The van der Waals surface area contributed by atoms with Crippen molar-refractivity contribution in [2.45, 2.75) is 6.92 Å². The van der Waals surface area contributed by atoms with Crippen LogP contribution in [-0.2, 0) is 0 Å². The average molecular weight is 400 g/mol. The highest BCUT2D eigenvalue weighted by Crippen LogP contribution is 2.30. The normalized spacial score (nSPS) is 10.9. The van der Waals surface area contributed by atoms with E-state index in [9.17, 15) is 0 Å². The summed E-state index contributed by atoms with van der Waals surface area (Å²) in [5, 5.41) is 3.56. The quantitative estimate of drug-likeness (QED) is 0.575. The van der Waals surface area contributed by atoms with Crippen molar-refractivity contribution in [3.63, 3.8) is 0 Å². The number of benzene rings is 1. The standard InChI is InChI=1S/C9H6I2S/c1-5-6-2-3-12-8(6)4-7(10)9(5)11/h2-4H,1H3. The van der Waals surface area contributed by atoms with Crippen molar-refractivity contribution >= 4 is 66.6 Å². The zero-order chi connectivity index (χ0) is 8.72. The zero-order valence-corrected chi connectivity index (χ0v) is 11.5. The summed E-state index contributed by atoms with van der Waals surface area (Å²) in [6.45, 7) is 2.19. The highest BCUT2D eigenvalue weighted by atomic mass is 127. The molecule has 0 unspecified atom stereocenters. The first kappa shape index (κ1) is 9.21. The molecule has 2 aromatic rings. The van der Waals surface area contributed by atoms with Crippen LogP contribution in [0.25, 0.3) is 10.1 Å². The lowest BCUT2D eigenvalue weighted by molar-refractivity contribution is 1.47. The van der Waals surface area contributed by atoms with Gasteiger partial charge in [-0.05, 0) is 80.6 Å². The lowest BCUT2D eigenvalue weighted by atomic mass is 10.2. The minimum absolute atomic E-state index is 1.36. The molecule has 1 heterocycles. The molecule has 0 aliphatic heterocycles. The van der Waals surface area contributed by atoms with E-state index in [1.54, 1.807) is 0 Å². The van der Waals surface area contributed by atoms with Gasteiger partial charge < -0.3 is 0 Å². The summed E-state index contributed by atoms with van der Waals surface area (Å²) in [5.41, 5.74) is 1.42. The molecule has 12 heavy (non-hydrogen) atoms. The third-order valence-electron chi connectivity index (χ3n) is 1.90. The maximum absolute atomic E-state index is 2.41. The first-order valence-electron chi connectivity index (χ1n) is 3.52. The topological polar surface area (TPSA) is 0 Å². The predicted octanol–water partition coefficient (Wildman–Crippen LogP) is 4.42. The van der Waals surface area contributed by atoms with Crippen LogP contribution in [0.2, 0.25) is 0 Å². The van der Waals surface area contributed by atoms with E-state index in [0.717, 1.165) is 0 Å². The van der Waals surface area contributed by atoms with Gasteiger partial charge in [-0.2, -0.15) is 0 Å². The minimum atomic E-state index is 1.36. The molecule has 1 aromatic carbocycles. The summed E-state index contributed by atoms with van der Waals surface area (Å²) < 4.78 is 4.15. The lowest BCUT2D eigenvalue weighted by Crippen LogP contribution is -1.84. The molecule has 0 spiro atoms. The molecule has 0 N–H and O–H groups in total. The Bertz CT molecular complexity index is 431. The van der Waals surface area contributed by atoms with Crippen LogP contribution < -0.4 is 0 Å². The molecule has 1 aromatic heterocycles. The first-order valence-corrected chi connectivity index (χ1v) is 6.55. The molecular weight excluding hydrogens is 394 g/mol. The average Bonchev–Trinajstić information content (AvgIpc) is 2.48. The van der Waals surface area contributed by atoms with E-state index >= 15 is 0 Å². The molecule has 3 heteroatoms. The van der Waals surface area contributed by atoms with Crippen molar-refractivity contribution in [1.82, 2.24) is 0 Å². The van der Waals surface area contributed by atoms with E-state index in [-0.39, 0.29) is 0 Å². The Kier molecular flexibility index (Phi) is 2.62. The first-order chi connectivity index (χ1) is 5.70. The minimum Gasteiger partial charge on any atom is -0.144 e. The highest BCUT2D eigenvalue weighted by Gasteiger charge is 2.05. The largest absolute Gasteiger partial charge is 0.144 e. The van der Waals surface area contributed by atoms with Gasteiger partial charge in [-0.1, -0.05) is 0 Å². The van der Waals surface area contributed by atoms with Crippen LogP contribution >= 0.6 is 56.5 Å². The molecule has 0 aliphatic carbocycles. The second-order valence-electron chi connectivity index (χ2n) is 2.63. The van der Waals surface area contributed by atoms with Gasteiger partial charge in [0.25, 0.3) is 0 Å². The number of thiophene rings is 1. The van der Waals surface area contributed by atoms with Crippen molar-refractivity contribution in [3.8, 4) is 0 Å². The molecule has 0 saturated heterocycles. The summed E-state index contributed by atoms with van der Waals surface area (Å²) in [6, 6.07) is 4.46. The van der Waals surface area contributed by atoms with Gasteiger partial charge in [0.05, 0.1) is 0 Å². The van der Waals surface area contributed by atoms with Crippen LogP contribution in [0.3, 0.4) is 0 Å². The number of halogens is 2. The van der Waals surface area contributed by atoms with E-state index in [1.807, 2.05) is 11.3 Å². The number of hydrogen-bond donors (Lipinski definition) is 0. The van der Waals surface area contributed by atoms with Crippen LogP contribution in [0.4, 0.5) is 0 Å². The Morgan fingerprint density at radius 2 is 2.08 bits per heavy atom. The monoisotopic (exact) mass is 400 g/mol. The molecule has 2 rings (SSSR count). The Balaban J connectivity index is 2.94. The number of hydrogen-bond acceptors (Lipinski definition) is 1. The third kappa shape index (κ3) is 1.39. The number of aryl methyl sites for hydroxylation is 1. The summed E-state index contributed by atoms with van der Waals surface area (Å²) >= 11 is 6.62. The van der Waals surface area contributed by atoms with E-state index < -0.39 is 0 Å². The second kappa shape index (κ2) is 3.42. The molecule has 0 bridgehead atoms. The van der Waals surface area contributed by atoms with Gasteiger partial charge in [0.15, 0.2) is 0 Å². The van der Waals surface area contributed by atoms with Crippen molar-refractivity contribution in [1.29, 1.82) is 0 Å². The van der Waals surface area contributed by atoms with Gasteiger partial charge in [-0.25, -0.2) is 0 Å². The summed E-state index contributed by atoms with van der Waals surface area (Å²) in [4.78, 5) is 0. The van der Waals surface area contributed by atoms with E-state index in [4.69, 9.17) is 0 Å². The fourth-order valence-electron chi connectivity index (χ4n) is 1.22. The molecule has 62 valence electrons. The van der Waals surface area contributed by atoms with Crippen LogP contribution in [0.5, 0.6) is 0 Å². The smallest absolute Gasteiger partial charge is 0.0356 e. The van der Waals surface area contributed by atoms with Crippen LogP contribution in [0.1, 0.15) is 5.56 Å². The summed E-state index contributed by atoms with van der Waals surface area (Å²) in [7, 11) is 0. The van der Waals surface area contributed by atoms with Crippen LogP contribution in [0, 0.1) is 14.1 Å². The Labute approximate surface area is 103 Å². The van der Waals surface area contributed by atoms with Gasteiger partial charge in [-0.15, -0.1) is 11.3 Å². The maximum Gasteiger partial charge on any atom is 0.0356 e. The number of fused-ring (bicyclic) bond motifs is 1. The second-order valence-corrected chi connectivity index (χ2v) is 5.82. The van der Waals surface area contributed by atoms with Crippen molar-refractivity contribution in [2.75, 3.05) is 0 Å². The fraction of sp³-hybridized carbons (Fsp3) is 0.111. The van der Waals surface area contributed by atoms with Gasteiger partial charge >= 0.3 is 0 Å². The molecule has 0 saturated carbocycles. The van der Waals surface area contributed by atoms with Gasteiger partial charge in [0.2, 0.25) is 0 Å². The Hall–Kier alpha value is 0.640. The zero-order valence-electron chi connectivity index (χ0n) is 6.40. The summed E-state index contributed by atoms with van der Waals surface area (Å²) in [5.74, 6) is 0. The van der Waals surface area contributed by atoms with E-state index in [0.29, 0.717) is 0 Å².